The fourth-order valence-corrected chi connectivity index (χ4v) is 2.47. The van der Waals surface area contributed by atoms with Gasteiger partial charge in [-0.25, -0.2) is 0 Å². The van der Waals surface area contributed by atoms with Gasteiger partial charge in [-0.1, -0.05) is 60.7 Å². The van der Waals surface area contributed by atoms with E-state index in [4.69, 9.17) is 0 Å². The van der Waals surface area contributed by atoms with E-state index in [1.165, 1.54) is 10.8 Å². The SMILES string of the molecule is O[C@H](c1ccc2ccccc2c1)[C@H]1C=CC=CC1. The Morgan fingerprint density at radius 3 is 2.61 bits per heavy atom. The van der Waals surface area contributed by atoms with Gasteiger partial charge < -0.3 is 5.11 Å². The van der Waals surface area contributed by atoms with E-state index < -0.39 is 6.10 Å². The monoisotopic (exact) mass is 236 g/mol. The topological polar surface area (TPSA) is 20.2 Å². The molecule has 0 fully saturated rings. The van der Waals surface area contributed by atoms with Gasteiger partial charge in [0.2, 0.25) is 0 Å². The summed E-state index contributed by atoms with van der Waals surface area (Å²) in [5, 5.41) is 12.8. The van der Waals surface area contributed by atoms with Gasteiger partial charge in [0.25, 0.3) is 0 Å². The lowest BCUT2D eigenvalue weighted by Crippen LogP contribution is -2.10. The highest BCUT2D eigenvalue weighted by molar-refractivity contribution is 5.83. The standard InChI is InChI=1S/C17H16O/c18-17(14-7-2-1-3-8-14)16-11-10-13-6-4-5-9-15(13)12-16/h1-7,9-12,14,17-18H,8H2/t14-,17-/m0/s1. The third-order valence-corrected chi connectivity index (χ3v) is 3.53. The summed E-state index contributed by atoms with van der Waals surface area (Å²) < 4.78 is 0. The largest absolute Gasteiger partial charge is 0.388 e. The Morgan fingerprint density at radius 1 is 1.00 bits per heavy atom. The third-order valence-electron chi connectivity index (χ3n) is 3.53. The van der Waals surface area contributed by atoms with E-state index in [1.807, 2.05) is 30.4 Å². The predicted molar refractivity (Wildman–Crippen MR) is 75.3 cm³/mol. The smallest absolute Gasteiger partial charge is 0.0855 e. The van der Waals surface area contributed by atoms with Gasteiger partial charge in [-0.05, 0) is 28.8 Å². The third kappa shape index (κ3) is 2.09. The Kier molecular flexibility index (Phi) is 2.99. The highest BCUT2D eigenvalue weighted by Crippen LogP contribution is 2.29. The minimum atomic E-state index is -0.421. The zero-order valence-electron chi connectivity index (χ0n) is 10.2. The number of hydrogen-bond acceptors (Lipinski definition) is 1. The second-order valence-electron chi connectivity index (χ2n) is 4.76. The van der Waals surface area contributed by atoms with Crippen LogP contribution in [0.25, 0.3) is 10.8 Å². The van der Waals surface area contributed by atoms with E-state index >= 15 is 0 Å². The molecule has 0 amide bonds. The van der Waals surface area contributed by atoms with Crippen molar-refractivity contribution >= 4 is 10.8 Å². The van der Waals surface area contributed by atoms with Crippen LogP contribution in [0.3, 0.4) is 0 Å². The zero-order chi connectivity index (χ0) is 12.4. The van der Waals surface area contributed by atoms with Gasteiger partial charge in [0.05, 0.1) is 6.10 Å². The number of aliphatic hydroxyl groups excluding tert-OH is 1. The second kappa shape index (κ2) is 4.79. The van der Waals surface area contributed by atoms with Crippen LogP contribution in [0.15, 0.2) is 66.8 Å². The first-order valence-corrected chi connectivity index (χ1v) is 6.35. The molecule has 0 aromatic heterocycles. The number of fused-ring (bicyclic) bond motifs is 1. The van der Waals surface area contributed by atoms with Crippen LogP contribution in [-0.4, -0.2) is 5.11 Å². The average molecular weight is 236 g/mol. The summed E-state index contributed by atoms with van der Waals surface area (Å²) in [5.74, 6) is 0.191. The maximum Gasteiger partial charge on any atom is 0.0855 e. The van der Waals surface area contributed by atoms with Crippen LogP contribution in [0, 0.1) is 5.92 Å². The van der Waals surface area contributed by atoms with Crippen LogP contribution in [0.5, 0.6) is 0 Å². The molecule has 90 valence electrons. The number of aliphatic hydroxyl groups is 1. The van der Waals surface area contributed by atoms with Crippen molar-refractivity contribution in [2.24, 2.45) is 5.92 Å². The summed E-state index contributed by atoms with van der Waals surface area (Å²) in [5.41, 5.74) is 0.999. The van der Waals surface area contributed by atoms with E-state index in [2.05, 4.69) is 36.4 Å². The van der Waals surface area contributed by atoms with Gasteiger partial charge >= 0.3 is 0 Å². The minimum absolute atomic E-state index is 0.191. The molecular formula is C17H16O. The fraction of sp³-hybridized carbons (Fsp3) is 0.176. The van der Waals surface area contributed by atoms with Crippen LogP contribution < -0.4 is 0 Å². The fourth-order valence-electron chi connectivity index (χ4n) is 2.47. The average Bonchev–Trinajstić information content (AvgIpc) is 2.47. The molecule has 2 aromatic rings. The van der Waals surface area contributed by atoms with E-state index in [0.717, 1.165) is 12.0 Å². The van der Waals surface area contributed by atoms with Crippen molar-refractivity contribution in [3.05, 3.63) is 72.3 Å². The van der Waals surface area contributed by atoms with Crippen LogP contribution in [0.2, 0.25) is 0 Å². The number of rotatable bonds is 2. The molecule has 1 aliphatic carbocycles. The van der Waals surface area contributed by atoms with Crippen LogP contribution >= 0.6 is 0 Å². The molecule has 0 radical (unpaired) electrons. The van der Waals surface area contributed by atoms with Gasteiger partial charge in [0.1, 0.15) is 0 Å². The molecule has 0 spiro atoms. The Hall–Kier alpha value is -1.86. The Bertz CT molecular complexity index is 610. The summed E-state index contributed by atoms with van der Waals surface area (Å²) in [4.78, 5) is 0. The Balaban J connectivity index is 1.93. The predicted octanol–water partition coefficient (Wildman–Crippen LogP) is 4.01. The summed E-state index contributed by atoms with van der Waals surface area (Å²) >= 11 is 0. The van der Waals surface area contributed by atoms with Crippen molar-refractivity contribution in [1.82, 2.24) is 0 Å². The van der Waals surface area contributed by atoms with E-state index in [0.29, 0.717) is 0 Å². The van der Waals surface area contributed by atoms with Gasteiger partial charge in [-0.2, -0.15) is 0 Å². The minimum Gasteiger partial charge on any atom is -0.388 e. The lowest BCUT2D eigenvalue weighted by Gasteiger charge is -2.20. The molecule has 1 aliphatic rings. The van der Waals surface area contributed by atoms with E-state index in [-0.39, 0.29) is 5.92 Å². The van der Waals surface area contributed by atoms with Crippen molar-refractivity contribution in [1.29, 1.82) is 0 Å². The molecule has 1 heteroatoms. The second-order valence-corrected chi connectivity index (χ2v) is 4.76. The first-order valence-electron chi connectivity index (χ1n) is 6.35. The van der Waals surface area contributed by atoms with Crippen molar-refractivity contribution in [3.63, 3.8) is 0 Å². The maximum absolute atomic E-state index is 10.4. The molecule has 2 atom stereocenters. The normalized spacial score (nSPS) is 20.2. The Labute approximate surface area is 107 Å². The van der Waals surface area contributed by atoms with Crippen molar-refractivity contribution in [2.45, 2.75) is 12.5 Å². The molecule has 2 aromatic carbocycles. The van der Waals surface area contributed by atoms with Crippen LogP contribution in [0.1, 0.15) is 18.1 Å². The summed E-state index contributed by atoms with van der Waals surface area (Å²) in [6.45, 7) is 0. The van der Waals surface area contributed by atoms with Crippen molar-refractivity contribution in [3.8, 4) is 0 Å². The first-order chi connectivity index (χ1) is 8.84. The highest BCUT2D eigenvalue weighted by atomic mass is 16.3. The molecule has 0 heterocycles. The van der Waals surface area contributed by atoms with Gasteiger partial charge in [-0.15, -0.1) is 0 Å². The molecule has 1 nitrogen and oxygen atoms in total. The van der Waals surface area contributed by atoms with Crippen molar-refractivity contribution in [2.75, 3.05) is 0 Å². The quantitative estimate of drug-likeness (QED) is 0.835. The van der Waals surface area contributed by atoms with E-state index in [1.54, 1.807) is 0 Å². The molecule has 3 rings (SSSR count). The molecule has 0 saturated carbocycles. The maximum atomic E-state index is 10.4. The summed E-state index contributed by atoms with van der Waals surface area (Å²) in [6, 6.07) is 14.4. The summed E-state index contributed by atoms with van der Waals surface area (Å²) in [6.07, 6.45) is 8.72. The van der Waals surface area contributed by atoms with E-state index in [9.17, 15) is 5.11 Å². The Morgan fingerprint density at radius 2 is 1.83 bits per heavy atom. The van der Waals surface area contributed by atoms with Crippen molar-refractivity contribution < 1.29 is 5.11 Å². The number of allylic oxidation sites excluding steroid dienone is 3. The van der Waals surface area contributed by atoms with Gasteiger partial charge in [0, 0.05) is 5.92 Å². The molecule has 0 bridgehead atoms. The zero-order valence-corrected chi connectivity index (χ0v) is 10.2. The number of benzene rings is 2. The molecular weight excluding hydrogens is 220 g/mol. The molecule has 0 unspecified atom stereocenters. The molecule has 1 N–H and O–H groups in total. The summed E-state index contributed by atoms with van der Waals surface area (Å²) in [7, 11) is 0. The molecule has 18 heavy (non-hydrogen) atoms. The lowest BCUT2D eigenvalue weighted by molar-refractivity contribution is 0.132. The molecule has 0 saturated heterocycles. The van der Waals surface area contributed by atoms with Gasteiger partial charge in [-0.3, -0.25) is 0 Å². The number of hydrogen-bond donors (Lipinski definition) is 1. The highest BCUT2D eigenvalue weighted by Gasteiger charge is 2.18. The lowest BCUT2D eigenvalue weighted by atomic mass is 9.89. The first kappa shape index (κ1) is 11.2. The van der Waals surface area contributed by atoms with Gasteiger partial charge in [0.15, 0.2) is 0 Å². The molecule has 0 aliphatic heterocycles. The van der Waals surface area contributed by atoms with Crippen LogP contribution in [-0.2, 0) is 0 Å². The van der Waals surface area contributed by atoms with Crippen LogP contribution in [0.4, 0.5) is 0 Å².